The molecular weight excluding hydrogens is 700 g/mol. The van der Waals surface area contributed by atoms with E-state index in [2.05, 4.69) is 26.5 Å². The number of unbranched alkanes of at least 4 members (excludes halogenated alkanes) is 2. The molecule has 12 heteroatoms. The van der Waals surface area contributed by atoms with E-state index < -0.39 is 29.7 Å². The SMILES string of the molecule is COc1ccc(C(OCC2OC(n3cc(C)c(=O)n(CCCCCNC(=O)CCC[N+](C)(C)C)c3=O)CC2O)(c2ccccc2)c2ccc(OC)cc2)cc1. The Hall–Kier alpha value is -4.75. The maximum absolute atomic E-state index is 13.8. The van der Waals surface area contributed by atoms with Gasteiger partial charge in [0.2, 0.25) is 5.91 Å². The van der Waals surface area contributed by atoms with Crippen LogP contribution in [0.4, 0.5) is 0 Å². The van der Waals surface area contributed by atoms with Crippen LogP contribution < -0.4 is 26.0 Å². The Morgan fingerprint density at radius 2 is 1.47 bits per heavy atom. The monoisotopic (exact) mass is 757 g/mol. The summed E-state index contributed by atoms with van der Waals surface area (Å²) in [5.74, 6) is 1.44. The lowest BCUT2D eigenvalue weighted by Crippen LogP contribution is -2.42. The molecule has 1 fully saturated rings. The first-order chi connectivity index (χ1) is 26.4. The Morgan fingerprint density at radius 1 is 0.873 bits per heavy atom. The highest BCUT2D eigenvalue weighted by atomic mass is 16.6. The predicted molar refractivity (Wildman–Crippen MR) is 211 cm³/mol. The quantitative estimate of drug-likeness (QED) is 0.0796. The third-order valence-electron chi connectivity index (χ3n) is 10.1. The van der Waals surface area contributed by atoms with Gasteiger partial charge in [-0.25, -0.2) is 4.79 Å². The minimum Gasteiger partial charge on any atom is -0.497 e. The average molecular weight is 758 g/mol. The second kappa shape index (κ2) is 18.7. The topological polar surface area (TPSA) is 130 Å². The third kappa shape index (κ3) is 10.3. The summed E-state index contributed by atoms with van der Waals surface area (Å²) in [6.45, 7) is 3.38. The number of aliphatic hydroxyl groups is 1. The van der Waals surface area contributed by atoms with Crippen molar-refractivity contribution in [1.82, 2.24) is 14.5 Å². The number of ether oxygens (including phenoxy) is 4. The number of quaternary nitrogens is 1. The van der Waals surface area contributed by atoms with Crippen LogP contribution in [-0.2, 0) is 26.4 Å². The van der Waals surface area contributed by atoms with Crippen LogP contribution in [0.25, 0.3) is 0 Å². The molecule has 2 heterocycles. The molecule has 0 saturated carbocycles. The van der Waals surface area contributed by atoms with Crippen LogP contribution in [0.1, 0.15) is 67.0 Å². The molecule has 5 rings (SSSR count). The third-order valence-corrected chi connectivity index (χ3v) is 10.1. The van der Waals surface area contributed by atoms with Crippen molar-refractivity contribution in [1.29, 1.82) is 0 Å². The van der Waals surface area contributed by atoms with Gasteiger partial charge in [-0.05, 0) is 67.1 Å². The summed E-state index contributed by atoms with van der Waals surface area (Å²) in [7, 11) is 9.56. The van der Waals surface area contributed by atoms with E-state index in [1.807, 2.05) is 78.9 Å². The molecule has 2 N–H and O–H groups in total. The fourth-order valence-electron chi connectivity index (χ4n) is 7.08. The smallest absolute Gasteiger partial charge is 0.333 e. The van der Waals surface area contributed by atoms with Crippen molar-refractivity contribution >= 4 is 5.91 Å². The average Bonchev–Trinajstić information content (AvgIpc) is 3.55. The molecule has 3 unspecified atom stereocenters. The van der Waals surface area contributed by atoms with E-state index in [1.54, 1.807) is 21.1 Å². The summed E-state index contributed by atoms with van der Waals surface area (Å²) >= 11 is 0. The first-order valence-corrected chi connectivity index (χ1v) is 19.1. The van der Waals surface area contributed by atoms with E-state index in [1.165, 1.54) is 15.3 Å². The van der Waals surface area contributed by atoms with Crippen molar-refractivity contribution in [2.45, 2.75) is 76.0 Å². The molecule has 1 saturated heterocycles. The van der Waals surface area contributed by atoms with Crippen molar-refractivity contribution in [3.63, 3.8) is 0 Å². The minimum absolute atomic E-state index is 0.00958. The zero-order valence-corrected chi connectivity index (χ0v) is 33.0. The molecule has 1 amide bonds. The zero-order valence-electron chi connectivity index (χ0n) is 33.0. The van der Waals surface area contributed by atoms with Gasteiger partial charge in [0.15, 0.2) is 0 Å². The summed E-state index contributed by atoms with van der Waals surface area (Å²) in [5, 5.41) is 14.3. The van der Waals surface area contributed by atoms with Crippen LogP contribution in [-0.4, -0.2) is 91.9 Å². The molecular formula is C43H57N4O8+. The number of hydrogen-bond acceptors (Lipinski definition) is 8. The Balaban J connectivity index is 1.30. The van der Waals surface area contributed by atoms with Crippen molar-refractivity contribution in [3.05, 3.63) is 128 Å². The highest BCUT2D eigenvalue weighted by Crippen LogP contribution is 2.42. The summed E-state index contributed by atoms with van der Waals surface area (Å²) < 4.78 is 27.7. The molecule has 4 aromatic rings. The number of benzene rings is 3. The van der Waals surface area contributed by atoms with Gasteiger partial charge in [0.05, 0.1) is 54.6 Å². The molecule has 0 spiro atoms. The van der Waals surface area contributed by atoms with Gasteiger partial charge in [0, 0.05) is 44.1 Å². The number of aromatic nitrogens is 2. The number of aryl methyl sites for hydroxylation is 1. The van der Waals surface area contributed by atoms with Gasteiger partial charge in [0.1, 0.15) is 29.4 Å². The van der Waals surface area contributed by atoms with Crippen LogP contribution >= 0.6 is 0 Å². The summed E-state index contributed by atoms with van der Waals surface area (Å²) in [6, 6.07) is 25.2. The maximum atomic E-state index is 13.8. The largest absolute Gasteiger partial charge is 0.497 e. The number of amides is 1. The van der Waals surface area contributed by atoms with E-state index in [4.69, 9.17) is 18.9 Å². The first-order valence-electron chi connectivity index (χ1n) is 19.1. The second-order valence-electron chi connectivity index (χ2n) is 15.2. The van der Waals surface area contributed by atoms with Gasteiger partial charge < -0.3 is 33.9 Å². The Bertz CT molecular complexity index is 1910. The molecule has 1 aliphatic heterocycles. The molecule has 0 aliphatic carbocycles. The molecule has 1 aliphatic rings. The molecule has 55 heavy (non-hydrogen) atoms. The van der Waals surface area contributed by atoms with E-state index in [0.717, 1.165) is 47.0 Å². The van der Waals surface area contributed by atoms with E-state index in [0.29, 0.717) is 36.4 Å². The van der Waals surface area contributed by atoms with Gasteiger partial charge in [0.25, 0.3) is 5.56 Å². The summed E-state index contributed by atoms with van der Waals surface area (Å²) in [5.41, 5.74) is 0.991. The lowest BCUT2D eigenvalue weighted by molar-refractivity contribution is -0.870. The summed E-state index contributed by atoms with van der Waals surface area (Å²) in [6.07, 6.45) is 2.53. The van der Waals surface area contributed by atoms with Gasteiger partial charge in [-0.1, -0.05) is 54.6 Å². The number of aliphatic hydroxyl groups excluding tert-OH is 1. The molecule has 12 nitrogen and oxygen atoms in total. The van der Waals surface area contributed by atoms with Gasteiger partial charge >= 0.3 is 5.69 Å². The lowest BCUT2D eigenvalue weighted by atomic mass is 9.80. The van der Waals surface area contributed by atoms with Crippen LogP contribution in [0.15, 0.2) is 94.6 Å². The second-order valence-corrected chi connectivity index (χ2v) is 15.2. The predicted octanol–water partition coefficient (Wildman–Crippen LogP) is 4.77. The van der Waals surface area contributed by atoms with Crippen LogP contribution in [0, 0.1) is 6.92 Å². The van der Waals surface area contributed by atoms with E-state index in [-0.39, 0.29) is 31.0 Å². The Kier molecular flexibility index (Phi) is 14.1. The molecule has 3 atom stereocenters. The van der Waals surface area contributed by atoms with Crippen molar-refractivity contribution < 1.29 is 33.3 Å². The number of nitrogens with zero attached hydrogens (tertiary/aromatic N) is 3. The van der Waals surface area contributed by atoms with Crippen molar-refractivity contribution in [3.8, 4) is 11.5 Å². The fourth-order valence-corrected chi connectivity index (χ4v) is 7.08. The summed E-state index contributed by atoms with van der Waals surface area (Å²) in [4.78, 5) is 39.1. The molecule has 0 radical (unpaired) electrons. The molecule has 296 valence electrons. The van der Waals surface area contributed by atoms with Crippen LogP contribution in [0.2, 0.25) is 0 Å². The van der Waals surface area contributed by atoms with Crippen LogP contribution in [0.5, 0.6) is 11.5 Å². The fraction of sp³-hybridized carbons (Fsp3) is 0.465. The van der Waals surface area contributed by atoms with Gasteiger partial charge in [-0.15, -0.1) is 0 Å². The number of carbonyl (C=O) groups is 1. The molecule has 0 bridgehead atoms. The molecule has 1 aromatic heterocycles. The van der Waals surface area contributed by atoms with Gasteiger partial charge in [-0.2, -0.15) is 0 Å². The van der Waals surface area contributed by atoms with Gasteiger partial charge in [-0.3, -0.25) is 18.7 Å². The lowest BCUT2D eigenvalue weighted by Gasteiger charge is -2.37. The Morgan fingerprint density at radius 3 is 2.05 bits per heavy atom. The zero-order chi connectivity index (χ0) is 39.6. The normalized spacial score (nSPS) is 17.3. The highest BCUT2D eigenvalue weighted by molar-refractivity contribution is 5.75. The number of methoxy groups -OCH3 is 2. The number of hydrogen-bond donors (Lipinski definition) is 2. The highest BCUT2D eigenvalue weighted by Gasteiger charge is 2.42. The maximum Gasteiger partial charge on any atom is 0.333 e. The number of carbonyl (C=O) groups excluding carboxylic acids is 1. The standard InChI is InChI=1S/C43H56N4O8/c1-31-29-46(42(51)45(41(31)50)26-12-8-11-25-44-39(49)16-13-27-47(2,3)4)40-28-37(48)38(55-40)30-54-43(32-14-9-7-10-15-32,33-17-21-35(52-5)22-18-33)34-19-23-36(53-6)24-20-34/h7,9-10,14-15,17-24,29,37-38,40,48H,8,11-13,16,25-28,30H2,1-6H3/p+1. The van der Waals surface area contributed by atoms with Crippen molar-refractivity contribution in [2.75, 3.05) is 55.1 Å². The molecule has 3 aromatic carbocycles. The van der Waals surface area contributed by atoms with Crippen LogP contribution in [0.3, 0.4) is 0 Å². The Labute approximate surface area is 323 Å². The van der Waals surface area contributed by atoms with Crippen molar-refractivity contribution in [2.24, 2.45) is 0 Å². The van der Waals surface area contributed by atoms with E-state index in [9.17, 15) is 19.5 Å². The first kappa shape index (κ1) is 41.4. The number of nitrogens with one attached hydrogen (secondary N) is 1. The minimum atomic E-state index is -1.12. The van der Waals surface area contributed by atoms with E-state index >= 15 is 0 Å². The number of rotatable bonds is 19.